The van der Waals surface area contributed by atoms with Crippen LogP contribution in [0.25, 0.3) is 0 Å². The van der Waals surface area contributed by atoms with E-state index in [0.29, 0.717) is 59.3 Å². The Labute approximate surface area is 207 Å². The van der Waals surface area contributed by atoms with Gasteiger partial charge in [-0.2, -0.15) is 5.10 Å². The van der Waals surface area contributed by atoms with Crippen LogP contribution in [-0.4, -0.2) is 38.9 Å². The molecule has 3 amide bonds. The van der Waals surface area contributed by atoms with Crippen molar-refractivity contribution in [1.82, 2.24) is 14.7 Å². The van der Waals surface area contributed by atoms with E-state index in [-0.39, 0.29) is 17.7 Å². The molecule has 0 atom stereocenters. The topological polar surface area (TPSA) is 84.3 Å². The molecule has 1 N–H and O–H groups in total. The Bertz CT molecular complexity index is 1220. The molecule has 34 heavy (non-hydrogen) atoms. The molecule has 0 unspecified atom stereocenters. The lowest BCUT2D eigenvalue weighted by Gasteiger charge is -2.13. The molecule has 7 nitrogen and oxygen atoms in total. The van der Waals surface area contributed by atoms with E-state index in [1.54, 1.807) is 41.1 Å². The Kier molecular flexibility index (Phi) is 7.34. The van der Waals surface area contributed by atoms with Gasteiger partial charge >= 0.3 is 0 Å². The van der Waals surface area contributed by atoms with E-state index in [1.807, 2.05) is 19.1 Å². The van der Waals surface area contributed by atoms with Gasteiger partial charge in [0, 0.05) is 24.7 Å². The number of nitrogens with zero attached hydrogens (tertiary/aromatic N) is 3. The Balaban J connectivity index is 1.21. The maximum absolute atomic E-state index is 12.4. The highest BCUT2D eigenvalue weighted by Gasteiger charge is 2.34. The summed E-state index contributed by atoms with van der Waals surface area (Å²) >= 11 is 12.1. The van der Waals surface area contributed by atoms with Crippen LogP contribution >= 0.6 is 23.2 Å². The fourth-order valence-corrected chi connectivity index (χ4v) is 4.24. The minimum Gasteiger partial charge on any atom is -0.309 e. The predicted octanol–water partition coefficient (Wildman–Crippen LogP) is 5.34. The summed E-state index contributed by atoms with van der Waals surface area (Å²) in [4.78, 5) is 38.4. The van der Waals surface area contributed by atoms with Crippen molar-refractivity contribution in [2.45, 2.75) is 39.2 Å². The number of imide groups is 1. The van der Waals surface area contributed by atoms with Crippen LogP contribution < -0.4 is 5.32 Å². The lowest BCUT2D eigenvalue weighted by Crippen LogP contribution is -2.30. The monoisotopic (exact) mass is 498 g/mol. The normalized spacial score (nSPS) is 12.9. The van der Waals surface area contributed by atoms with Gasteiger partial charge in [-0.05, 0) is 49.6 Å². The zero-order chi connectivity index (χ0) is 24.2. The maximum atomic E-state index is 12.4. The van der Waals surface area contributed by atoms with Crippen molar-refractivity contribution >= 4 is 46.7 Å². The minimum atomic E-state index is -0.245. The summed E-state index contributed by atoms with van der Waals surface area (Å²) in [5.41, 5.74) is 2.78. The average molecular weight is 499 g/mol. The third kappa shape index (κ3) is 5.32. The van der Waals surface area contributed by atoms with Gasteiger partial charge in [0.05, 0.1) is 27.7 Å². The molecule has 0 fully saturated rings. The Hall–Kier alpha value is -3.16. The second-order valence-corrected chi connectivity index (χ2v) is 9.06. The number of carbonyl (C=O) groups excluding carboxylic acids is 3. The number of halogens is 2. The first-order chi connectivity index (χ1) is 16.3. The van der Waals surface area contributed by atoms with Gasteiger partial charge in [-0.25, -0.2) is 0 Å². The van der Waals surface area contributed by atoms with E-state index >= 15 is 0 Å². The Morgan fingerprint density at radius 2 is 1.65 bits per heavy atom. The van der Waals surface area contributed by atoms with Crippen molar-refractivity contribution < 1.29 is 14.4 Å². The molecule has 0 radical (unpaired) electrons. The number of unbranched alkanes of at least 4 members (excludes halogenated alkanes) is 2. The van der Waals surface area contributed by atoms with Gasteiger partial charge in [0.2, 0.25) is 5.91 Å². The number of fused-ring (bicyclic) bond motifs is 1. The van der Waals surface area contributed by atoms with Crippen LogP contribution in [-0.2, 0) is 11.3 Å². The molecule has 0 saturated heterocycles. The summed E-state index contributed by atoms with van der Waals surface area (Å²) in [6.07, 6.45) is 2.36. The van der Waals surface area contributed by atoms with Crippen LogP contribution in [0.4, 0.5) is 5.82 Å². The van der Waals surface area contributed by atoms with Gasteiger partial charge in [-0.3, -0.25) is 24.0 Å². The van der Waals surface area contributed by atoms with Crippen molar-refractivity contribution in [3.05, 3.63) is 81.0 Å². The molecule has 2 heterocycles. The molecule has 176 valence electrons. The van der Waals surface area contributed by atoms with Crippen LogP contribution in [0, 0.1) is 6.92 Å². The predicted molar refractivity (Wildman–Crippen MR) is 131 cm³/mol. The van der Waals surface area contributed by atoms with Gasteiger partial charge in [0.1, 0.15) is 0 Å². The number of rotatable bonds is 9. The van der Waals surface area contributed by atoms with Crippen LogP contribution in [0.15, 0.2) is 48.5 Å². The van der Waals surface area contributed by atoms with Crippen LogP contribution in [0.1, 0.15) is 57.7 Å². The third-order valence-corrected chi connectivity index (χ3v) is 6.47. The molecule has 1 aromatic heterocycles. The summed E-state index contributed by atoms with van der Waals surface area (Å²) in [6.45, 7) is 2.78. The zero-order valence-corrected chi connectivity index (χ0v) is 20.2. The molecule has 3 aromatic rings. The molecule has 0 aliphatic carbocycles. The number of nitrogens with one attached hydrogen (secondary N) is 1. The Morgan fingerprint density at radius 1 is 0.941 bits per heavy atom. The number of carbonyl (C=O) groups is 3. The van der Waals surface area contributed by atoms with E-state index < -0.39 is 0 Å². The molecule has 1 aliphatic rings. The first-order valence-electron chi connectivity index (χ1n) is 11.1. The molecule has 0 bridgehead atoms. The number of hydrogen-bond acceptors (Lipinski definition) is 4. The van der Waals surface area contributed by atoms with E-state index in [2.05, 4.69) is 10.4 Å². The van der Waals surface area contributed by atoms with Gasteiger partial charge in [0.15, 0.2) is 5.82 Å². The third-order valence-electron chi connectivity index (χ3n) is 5.73. The first-order valence-corrected chi connectivity index (χ1v) is 11.8. The fourth-order valence-electron chi connectivity index (χ4n) is 3.92. The van der Waals surface area contributed by atoms with Crippen molar-refractivity contribution in [2.75, 3.05) is 11.9 Å². The van der Waals surface area contributed by atoms with Crippen LogP contribution in [0.3, 0.4) is 0 Å². The number of benzene rings is 2. The fraction of sp³-hybridized carbons (Fsp3) is 0.280. The van der Waals surface area contributed by atoms with Gasteiger partial charge in [0.25, 0.3) is 11.8 Å². The van der Waals surface area contributed by atoms with Crippen LogP contribution in [0.5, 0.6) is 0 Å². The average Bonchev–Trinajstić information content (AvgIpc) is 3.27. The summed E-state index contributed by atoms with van der Waals surface area (Å²) in [6, 6.07) is 14.1. The second kappa shape index (κ2) is 10.4. The largest absolute Gasteiger partial charge is 0.309 e. The first kappa shape index (κ1) is 24.0. The number of anilines is 1. The number of aryl methyl sites for hydroxylation is 1. The lowest BCUT2D eigenvalue weighted by atomic mass is 10.1. The van der Waals surface area contributed by atoms with E-state index in [0.717, 1.165) is 17.7 Å². The van der Waals surface area contributed by atoms with Gasteiger partial charge in [-0.1, -0.05) is 47.8 Å². The van der Waals surface area contributed by atoms with Crippen molar-refractivity contribution in [1.29, 1.82) is 0 Å². The molecule has 9 heteroatoms. The van der Waals surface area contributed by atoms with Crippen molar-refractivity contribution in [3.8, 4) is 0 Å². The second-order valence-electron chi connectivity index (χ2n) is 8.24. The highest BCUT2D eigenvalue weighted by Crippen LogP contribution is 2.24. The zero-order valence-electron chi connectivity index (χ0n) is 18.7. The molecule has 1 aliphatic heterocycles. The lowest BCUT2D eigenvalue weighted by molar-refractivity contribution is -0.116. The van der Waals surface area contributed by atoms with E-state index in [9.17, 15) is 14.4 Å². The molecular formula is C25H24Cl2N4O3. The van der Waals surface area contributed by atoms with Gasteiger partial charge in [-0.15, -0.1) is 0 Å². The number of amides is 3. The highest BCUT2D eigenvalue weighted by molar-refractivity contribution is 6.42. The smallest absolute Gasteiger partial charge is 0.261 e. The van der Waals surface area contributed by atoms with E-state index in [4.69, 9.17) is 23.2 Å². The quantitative estimate of drug-likeness (QED) is 0.318. The SMILES string of the molecule is Cc1cc(NC(=O)CCCCCN2C(=O)c3ccccc3C2=O)nn1Cc1ccc(Cl)c(Cl)c1. The minimum absolute atomic E-state index is 0.125. The molecule has 2 aromatic carbocycles. The number of aromatic nitrogens is 2. The molecule has 4 rings (SSSR count). The van der Waals surface area contributed by atoms with Gasteiger partial charge < -0.3 is 5.32 Å². The highest BCUT2D eigenvalue weighted by atomic mass is 35.5. The molecule has 0 spiro atoms. The van der Waals surface area contributed by atoms with Crippen molar-refractivity contribution in [3.63, 3.8) is 0 Å². The maximum Gasteiger partial charge on any atom is 0.261 e. The number of hydrogen-bond donors (Lipinski definition) is 1. The summed E-state index contributed by atoms with van der Waals surface area (Å²) < 4.78 is 1.79. The molecular weight excluding hydrogens is 475 g/mol. The molecule has 0 saturated carbocycles. The van der Waals surface area contributed by atoms with Crippen molar-refractivity contribution in [2.24, 2.45) is 0 Å². The van der Waals surface area contributed by atoms with Crippen LogP contribution in [0.2, 0.25) is 10.0 Å². The summed E-state index contributed by atoms with van der Waals surface area (Å²) in [5, 5.41) is 8.27. The standard InChI is InChI=1S/C25H24Cl2N4O3/c1-16-13-22(29-31(16)15-17-10-11-20(26)21(27)14-17)28-23(32)9-3-2-6-12-30-24(33)18-7-4-5-8-19(18)25(30)34/h4-5,7-8,10-11,13-14H,2-3,6,9,12,15H2,1H3,(H,28,29,32). The Morgan fingerprint density at radius 3 is 2.32 bits per heavy atom. The van der Waals surface area contributed by atoms with E-state index in [1.165, 1.54) is 4.90 Å². The summed E-state index contributed by atoms with van der Waals surface area (Å²) in [5.74, 6) is -0.121. The summed E-state index contributed by atoms with van der Waals surface area (Å²) in [7, 11) is 0.